The van der Waals surface area contributed by atoms with Gasteiger partial charge in [0, 0.05) is 18.8 Å². The number of carbonyl (C=O) groups excluding carboxylic acids is 2. The zero-order valence-electron chi connectivity index (χ0n) is 17.2. The predicted molar refractivity (Wildman–Crippen MR) is 117 cm³/mol. The van der Waals surface area contributed by atoms with E-state index < -0.39 is 6.04 Å². The highest BCUT2D eigenvalue weighted by atomic mass is 32.2. The van der Waals surface area contributed by atoms with Gasteiger partial charge in [-0.2, -0.15) is 0 Å². The number of rotatable bonds is 9. The van der Waals surface area contributed by atoms with Gasteiger partial charge in [0.15, 0.2) is 0 Å². The molecule has 0 aliphatic heterocycles. The van der Waals surface area contributed by atoms with Gasteiger partial charge >= 0.3 is 0 Å². The number of thioether (sulfide) groups is 1. The van der Waals surface area contributed by atoms with Crippen LogP contribution in [-0.4, -0.2) is 35.1 Å². The number of aryl methyl sites for hydroxylation is 2. The lowest BCUT2D eigenvalue weighted by Gasteiger charge is -2.28. The Morgan fingerprint density at radius 2 is 1.75 bits per heavy atom. The monoisotopic (exact) mass is 398 g/mol. The first-order chi connectivity index (χ1) is 13.4. The molecule has 1 N–H and O–H groups in total. The third-order valence-corrected chi connectivity index (χ3v) is 5.70. The van der Waals surface area contributed by atoms with Crippen molar-refractivity contribution in [3.8, 4) is 0 Å². The molecule has 0 fully saturated rings. The quantitative estimate of drug-likeness (QED) is 0.692. The van der Waals surface area contributed by atoms with Gasteiger partial charge in [-0.05, 0) is 44.4 Å². The van der Waals surface area contributed by atoms with E-state index in [9.17, 15) is 9.59 Å². The Balaban J connectivity index is 2.05. The number of nitrogens with one attached hydrogen (secondary N) is 1. The molecule has 2 rings (SSSR count). The summed E-state index contributed by atoms with van der Waals surface area (Å²) in [4.78, 5) is 27.0. The summed E-state index contributed by atoms with van der Waals surface area (Å²) in [7, 11) is 0. The average molecular weight is 399 g/mol. The van der Waals surface area contributed by atoms with Gasteiger partial charge < -0.3 is 10.2 Å². The Labute approximate surface area is 172 Å². The van der Waals surface area contributed by atoms with Crippen molar-refractivity contribution in [3.63, 3.8) is 0 Å². The molecule has 1 unspecified atom stereocenters. The second-order valence-electron chi connectivity index (χ2n) is 7.00. The molecule has 0 aliphatic rings. The molecule has 0 saturated carbocycles. The van der Waals surface area contributed by atoms with E-state index in [2.05, 4.69) is 24.4 Å². The van der Waals surface area contributed by atoms with Crippen molar-refractivity contribution in [1.82, 2.24) is 10.2 Å². The minimum Gasteiger partial charge on any atom is -0.355 e. The molecule has 2 aromatic rings. The first-order valence-electron chi connectivity index (χ1n) is 9.67. The Hall–Kier alpha value is -2.27. The summed E-state index contributed by atoms with van der Waals surface area (Å²) in [5.74, 6) is 1.00. The Morgan fingerprint density at radius 3 is 2.39 bits per heavy atom. The molecule has 1 atom stereocenters. The summed E-state index contributed by atoms with van der Waals surface area (Å²) < 4.78 is 0. The van der Waals surface area contributed by atoms with Crippen LogP contribution in [0.4, 0.5) is 0 Å². The van der Waals surface area contributed by atoms with Gasteiger partial charge in [0.05, 0.1) is 5.75 Å². The second kappa shape index (κ2) is 10.9. The molecule has 0 bridgehead atoms. The summed E-state index contributed by atoms with van der Waals surface area (Å²) in [6.07, 6.45) is 0. The van der Waals surface area contributed by atoms with Crippen LogP contribution < -0.4 is 5.32 Å². The second-order valence-corrected chi connectivity index (χ2v) is 7.98. The summed E-state index contributed by atoms with van der Waals surface area (Å²) in [5.41, 5.74) is 4.67. The van der Waals surface area contributed by atoms with Crippen LogP contribution in [0, 0.1) is 13.8 Å². The van der Waals surface area contributed by atoms with Crippen LogP contribution in [0.3, 0.4) is 0 Å². The van der Waals surface area contributed by atoms with E-state index in [0.29, 0.717) is 18.8 Å². The van der Waals surface area contributed by atoms with E-state index in [1.165, 1.54) is 16.7 Å². The molecular formula is C23H30N2O2S. The van der Waals surface area contributed by atoms with Gasteiger partial charge in [0.25, 0.3) is 0 Å². The van der Waals surface area contributed by atoms with E-state index in [-0.39, 0.29) is 11.8 Å². The van der Waals surface area contributed by atoms with E-state index in [1.54, 1.807) is 23.6 Å². The van der Waals surface area contributed by atoms with Gasteiger partial charge in [0.1, 0.15) is 6.04 Å². The predicted octanol–water partition coefficient (Wildman–Crippen LogP) is 4.09. The number of hydrogen-bond donors (Lipinski definition) is 1. The Bertz CT molecular complexity index is 789. The van der Waals surface area contributed by atoms with E-state index in [1.807, 2.05) is 50.2 Å². The smallest absolute Gasteiger partial charge is 0.242 e. The molecule has 0 aliphatic carbocycles. The third-order valence-electron chi connectivity index (χ3n) is 4.74. The molecule has 0 saturated heterocycles. The van der Waals surface area contributed by atoms with Crippen LogP contribution in [0.25, 0.3) is 0 Å². The van der Waals surface area contributed by atoms with Crippen LogP contribution >= 0.6 is 11.8 Å². The molecule has 150 valence electrons. The fourth-order valence-corrected chi connectivity index (χ4v) is 3.88. The molecule has 0 aromatic heterocycles. The minimum absolute atomic E-state index is 0.0158. The van der Waals surface area contributed by atoms with Gasteiger partial charge in [-0.1, -0.05) is 54.1 Å². The standard InChI is InChI=1S/C23H30N2O2S/c1-5-24-23(27)19(4)25(14-20-12-10-17(2)11-13-20)22(26)16-28-15-21-9-7-6-8-18(21)3/h6-13,19H,5,14-16H2,1-4H3,(H,24,27). The van der Waals surface area contributed by atoms with Gasteiger partial charge in [-0.15, -0.1) is 11.8 Å². The van der Waals surface area contributed by atoms with E-state index in [0.717, 1.165) is 11.3 Å². The topological polar surface area (TPSA) is 49.4 Å². The zero-order valence-corrected chi connectivity index (χ0v) is 18.0. The van der Waals surface area contributed by atoms with Crippen LogP contribution in [0.1, 0.15) is 36.1 Å². The highest BCUT2D eigenvalue weighted by Gasteiger charge is 2.25. The molecule has 2 aromatic carbocycles. The molecule has 5 heteroatoms. The highest BCUT2D eigenvalue weighted by molar-refractivity contribution is 7.99. The molecule has 4 nitrogen and oxygen atoms in total. The molecular weight excluding hydrogens is 368 g/mol. The van der Waals surface area contributed by atoms with Crippen LogP contribution in [0.15, 0.2) is 48.5 Å². The largest absolute Gasteiger partial charge is 0.355 e. The maximum Gasteiger partial charge on any atom is 0.242 e. The van der Waals surface area contributed by atoms with Crippen LogP contribution in [0.2, 0.25) is 0 Å². The molecule has 0 spiro atoms. The van der Waals surface area contributed by atoms with Crippen molar-refractivity contribution < 1.29 is 9.59 Å². The summed E-state index contributed by atoms with van der Waals surface area (Å²) in [6.45, 7) is 8.78. The van der Waals surface area contributed by atoms with Crippen LogP contribution in [0.5, 0.6) is 0 Å². The first-order valence-corrected chi connectivity index (χ1v) is 10.8. The first kappa shape index (κ1) is 22.0. The van der Waals surface area contributed by atoms with Crippen molar-refractivity contribution in [2.24, 2.45) is 0 Å². The zero-order chi connectivity index (χ0) is 20.5. The lowest BCUT2D eigenvalue weighted by molar-refractivity contribution is -0.138. The fourth-order valence-electron chi connectivity index (χ4n) is 2.90. The maximum atomic E-state index is 13.0. The lowest BCUT2D eigenvalue weighted by atomic mass is 10.1. The number of nitrogens with zero attached hydrogens (tertiary/aromatic N) is 1. The van der Waals surface area contributed by atoms with E-state index in [4.69, 9.17) is 0 Å². The Kier molecular flexibility index (Phi) is 8.58. The van der Waals surface area contributed by atoms with E-state index >= 15 is 0 Å². The number of hydrogen-bond acceptors (Lipinski definition) is 3. The average Bonchev–Trinajstić information content (AvgIpc) is 2.68. The number of amides is 2. The molecule has 0 heterocycles. The third kappa shape index (κ3) is 6.41. The summed E-state index contributed by atoms with van der Waals surface area (Å²) in [5, 5.41) is 2.83. The van der Waals surface area contributed by atoms with Crippen molar-refractivity contribution in [3.05, 3.63) is 70.8 Å². The molecule has 0 radical (unpaired) electrons. The SMILES string of the molecule is CCNC(=O)C(C)N(Cc1ccc(C)cc1)C(=O)CSCc1ccccc1C. The summed E-state index contributed by atoms with van der Waals surface area (Å²) in [6, 6.07) is 15.8. The van der Waals surface area contributed by atoms with Gasteiger partial charge in [-0.25, -0.2) is 0 Å². The number of carbonyl (C=O) groups is 2. The molecule has 2 amide bonds. The summed E-state index contributed by atoms with van der Waals surface area (Å²) >= 11 is 1.59. The van der Waals surface area contributed by atoms with Crippen molar-refractivity contribution in [2.45, 2.75) is 46.0 Å². The fraction of sp³-hybridized carbons (Fsp3) is 0.391. The van der Waals surface area contributed by atoms with Crippen LogP contribution in [-0.2, 0) is 21.9 Å². The minimum atomic E-state index is -0.507. The van der Waals surface area contributed by atoms with Crippen molar-refractivity contribution in [1.29, 1.82) is 0 Å². The highest BCUT2D eigenvalue weighted by Crippen LogP contribution is 2.18. The number of likely N-dealkylation sites (N-methyl/N-ethyl adjacent to an activating group) is 1. The van der Waals surface area contributed by atoms with Gasteiger partial charge in [0.2, 0.25) is 11.8 Å². The van der Waals surface area contributed by atoms with Crippen molar-refractivity contribution in [2.75, 3.05) is 12.3 Å². The Morgan fingerprint density at radius 1 is 1.07 bits per heavy atom. The normalized spacial score (nSPS) is 11.7. The molecule has 28 heavy (non-hydrogen) atoms. The van der Waals surface area contributed by atoms with Crippen molar-refractivity contribution >= 4 is 23.6 Å². The maximum absolute atomic E-state index is 13.0. The van der Waals surface area contributed by atoms with Gasteiger partial charge in [-0.3, -0.25) is 9.59 Å². The number of benzene rings is 2. The lowest BCUT2D eigenvalue weighted by Crippen LogP contribution is -2.48.